The van der Waals surface area contributed by atoms with Crippen LogP contribution in [0, 0.1) is 0 Å². The minimum atomic E-state index is -0.121. The second kappa shape index (κ2) is 6.37. The summed E-state index contributed by atoms with van der Waals surface area (Å²) in [6.45, 7) is 4.53. The van der Waals surface area contributed by atoms with E-state index in [1.807, 2.05) is 23.1 Å². The lowest BCUT2D eigenvalue weighted by molar-refractivity contribution is 0.125. The molecule has 8 heteroatoms. The number of piperazine rings is 1. The van der Waals surface area contributed by atoms with Crippen LogP contribution < -0.4 is 5.32 Å². The maximum absolute atomic E-state index is 12.3. The molecular formula is C14H18N6OS. The highest BCUT2D eigenvalue weighted by Gasteiger charge is 2.26. The fraction of sp³-hybridized carbons (Fsp3) is 0.429. The molecule has 0 unspecified atom stereocenters. The zero-order valence-electron chi connectivity index (χ0n) is 12.6. The van der Waals surface area contributed by atoms with E-state index >= 15 is 0 Å². The third kappa shape index (κ3) is 3.23. The van der Waals surface area contributed by atoms with Crippen molar-refractivity contribution in [2.75, 3.05) is 32.0 Å². The number of nitrogens with one attached hydrogen (secondary N) is 1. The largest absolute Gasteiger partial charge is 0.324 e. The quantitative estimate of drug-likeness (QED) is 0.913. The lowest BCUT2D eigenvalue weighted by Gasteiger charge is -2.37. The molecule has 1 aliphatic heterocycles. The summed E-state index contributed by atoms with van der Waals surface area (Å²) in [7, 11) is 2.07. The van der Waals surface area contributed by atoms with Gasteiger partial charge in [-0.15, -0.1) is 10.2 Å². The van der Waals surface area contributed by atoms with Crippen LogP contribution in [0.3, 0.4) is 0 Å². The highest BCUT2D eigenvalue weighted by molar-refractivity contribution is 7.18. The Labute approximate surface area is 133 Å². The van der Waals surface area contributed by atoms with Gasteiger partial charge in [0.15, 0.2) is 5.01 Å². The van der Waals surface area contributed by atoms with Crippen LogP contribution in [0.4, 0.5) is 9.93 Å². The summed E-state index contributed by atoms with van der Waals surface area (Å²) < 4.78 is 0. The first-order valence-electron chi connectivity index (χ1n) is 7.14. The van der Waals surface area contributed by atoms with E-state index in [0.717, 1.165) is 25.3 Å². The molecule has 1 fully saturated rings. The Kier molecular flexibility index (Phi) is 4.30. The zero-order valence-corrected chi connectivity index (χ0v) is 13.4. The standard InChI is InChI=1S/C14H18N6OS/c1-10-9-19(2)7-8-20(10)14(21)16-13-18-17-12(22-13)11-5-3-4-6-15-11/h3-6,10H,7-9H2,1-2H3,(H,16,18,21)/t10-/m1/s1. The van der Waals surface area contributed by atoms with Crippen molar-refractivity contribution >= 4 is 22.5 Å². The number of hydrogen-bond donors (Lipinski definition) is 1. The van der Waals surface area contributed by atoms with E-state index in [4.69, 9.17) is 0 Å². The summed E-state index contributed by atoms with van der Waals surface area (Å²) >= 11 is 1.33. The minimum absolute atomic E-state index is 0.121. The van der Waals surface area contributed by atoms with E-state index in [9.17, 15) is 4.79 Å². The number of rotatable bonds is 2. The van der Waals surface area contributed by atoms with Gasteiger partial charge in [0.05, 0.1) is 0 Å². The van der Waals surface area contributed by atoms with E-state index in [-0.39, 0.29) is 12.1 Å². The topological polar surface area (TPSA) is 74.2 Å². The molecule has 0 saturated carbocycles. The molecule has 2 amide bonds. The van der Waals surface area contributed by atoms with Crippen LogP contribution in [0.2, 0.25) is 0 Å². The first-order chi connectivity index (χ1) is 10.6. The van der Waals surface area contributed by atoms with E-state index in [1.54, 1.807) is 6.20 Å². The van der Waals surface area contributed by atoms with Crippen LogP contribution in [-0.2, 0) is 0 Å². The number of urea groups is 1. The molecule has 0 bridgehead atoms. The van der Waals surface area contributed by atoms with Gasteiger partial charge in [0, 0.05) is 31.9 Å². The predicted molar refractivity (Wildman–Crippen MR) is 85.8 cm³/mol. The number of likely N-dealkylation sites (N-methyl/N-ethyl adjacent to an activating group) is 1. The molecule has 3 heterocycles. The molecule has 0 aromatic carbocycles. The summed E-state index contributed by atoms with van der Waals surface area (Å²) in [5.41, 5.74) is 0.758. The number of anilines is 1. The summed E-state index contributed by atoms with van der Waals surface area (Å²) in [5.74, 6) is 0. The fourth-order valence-corrected chi connectivity index (χ4v) is 3.18. The monoisotopic (exact) mass is 318 g/mol. The van der Waals surface area contributed by atoms with Gasteiger partial charge >= 0.3 is 6.03 Å². The SMILES string of the molecule is C[C@@H]1CN(C)CCN1C(=O)Nc1nnc(-c2ccccn2)s1. The number of carbonyl (C=O) groups excluding carboxylic acids is 1. The van der Waals surface area contributed by atoms with Crippen molar-refractivity contribution in [3.63, 3.8) is 0 Å². The molecule has 1 aliphatic rings. The van der Waals surface area contributed by atoms with Crippen LogP contribution in [0.15, 0.2) is 24.4 Å². The molecule has 116 valence electrons. The maximum Gasteiger partial charge on any atom is 0.324 e. The van der Waals surface area contributed by atoms with Crippen LogP contribution in [0.25, 0.3) is 10.7 Å². The van der Waals surface area contributed by atoms with Crippen molar-refractivity contribution < 1.29 is 4.79 Å². The minimum Gasteiger partial charge on any atom is -0.319 e. The average molecular weight is 318 g/mol. The second-order valence-electron chi connectivity index (χ2n) is 5.36. The van der Waals surface area contributed by atoms with E-state index < -0.39 is 0 Å². The second-order valence-corrected chi connectivity index (χ2v) is 6.34. The normalized spacial score (nSPS) is 19.2. The molecule has 1 N–H and O–H groups in total. The molecule has 3 rings (SSSR count). The number of pyridine rings is 1. The van der Waals surface area contributed by atoms with Crippen LogP contribution >= 0.6 is 11.3 Å². The lowest BCUT2D eigenvalue weighted by Crippen LogP contribution is -2.53. The molecule has 0 spiro atoms. The fourth-order valence-electron chi connectivity index (χ4n) is 2.47. The van der Waals surface area contributed by atoms with Crippen molar-refractivity contribution in [1.29, 1.82) is 0 Å². The molecule has 22 heavy (non-hydrogen) atoms. The molecule has 2 aromatic rings. The van der Waals surface area contributed by atoms with Crippen molar-refractivity contribution in [3.05, 3.63) is 24.4 Å². The predicted octanol–water partition coefficient (Wildman–Crippen LogP) is 1.77. The molecule has 7 nitrogen and oxygen atoms in total. The summed E-state index contributed by atoms with van der Waals surface area (Å²) in [4.78, 5) is 20.6. The number of aromatic nitrogens is 3. The molecular weight excluding hydrogens is 300 g/mol. The van der Waals surface area contributed by atoms with E-state index in [2.05, 4.69) is 39.4 Å². The van der Waals surface area contributed by atoms with Gasteiger partial charge in [0.25, 0.3) is 0 Å². The summed E-state index contributed by atoms with van der Waals surface area (Å²) in [6, 6.07) is 5.68. The number of nitrogens with zero attached hydrogens (tertiary/aromatic N) is 5. The van der Waals surface area contributed by atoms with Gasteiger partial charge in [-0.3, -0.25) is 10.3 Å². The molecule has 0 aliphatic carbocycles. The zero-order chi connectivity index (χ0) is 15.5. The summed E-state index contributed by atoms with van der Waals surface area (Å²) in [6.07, 6.45) is 1.71. The van der Waals surface area contributed by atoms with Crippen LogP contribution in [0.5, 0.6) is 0 Å². The van der Waals surface area contributed by atoms with E-state index in [1.165, 1.54) is 11.3 Å². The highest BCUT2D eigenvalue weighted by Crippen LogP contribution is 2.24. The van der Waals surface area contributed by atoms with Crippen LogP contribution in [0.1, 0.15) is 6.92 Å². The third-order valence-electron chi connectivity index (χ3n) is 3.61. The number of amides is 2. The lowest BCUT2D eigenvalue weighted by atomic mass is 10.2. The van der Waals surface area contributed by atoms with Gasteiger partial charge in [-0.2, -0.15) is 0 Å². The van der Waals surface area contributed by atoms with Gasteiger partial charge in [-0.1, -0.05) is 17.4 Å². The molecule has 2 aromatic heterocycles. The van der Waals surface area contributed by atoms with Crippen molar-refractivity contribution in [1.82, 2.24) is 25.0 Å². The Morgan fingerprint density at radius 1 is 1.36 bits per heavy atom. The first-order valence-corrected chi connectivity index (χ1v) is 7.96. The Morgan fingerprint density at radius 3 is 2.95 bits per heavy atom. The Morgan fingerprint density at radius 2 is 2.23 bits per heavy atom. The number of carbonyl (C=O) groups is 1. The molecule has 1 saturated heterocycles. The Bertz CT molecular complexity index is 646. The third-order valence-corrected chi connectivity index (χ3v) is 4.48. The maximum atomic E-state index is 12.3. The average Bonchev–Trinajstić information content (AvgIpc) is 2.96. The Balaban J connectivity index is 1.66. The highest BCUT2D eigenvalue weighted by atomic mass is 32.1. The van der Waals surface area contributed by atoms with E-state index in [0.29, 0.717) is 10.1 Å². The van der Waals surface area contributed by atoms with Gasteiger partial charge < -0.3 is 9.80 Å². The van der Waals surface area contributed by atoms with Crippen molar-refractivity contribution in [3.8, 4) is 10.7 Å². The van der Waals surface area contributed by atoms with Gasteiger partial charge in [0.1, 0.15) is 5.69 Å². The number of hydrogen-bond acceptors (Lipinski definition) is 6. The van der Waals surface area contributed by atoms with Crippen molar-refractivity contribution in [2.24, 2.45) is 0 Å². The summed E-state index contributed by atoms with van der Waals surface area (Å²) in [5, 5.41) is 12.1. The molecule has 0 radical (unpaired) electrons. The first kappa shape index (κ1) is 14.9. The van der Waals surface area contributed by atoms with Gasteiger partial charge in [-0.25, -0.2) is 4.79 Å². The smallest absolute Gasteiger partial charge is 0.319 e. The van der Waals surface area contributed by atoms with Crippen molar-refractivity contribution in [2.45, 2.75) is 13.0 Å². The van der Waals surface area contributed by atoms with Crippen LogP contribution in [-0.4, -0.2) is 63.7 Å². The Hall–Kier alpha value is -2.06. The van der Waals surface area contributed by atoms with Gasteiger partial charge in [-0.05, 0) is 26.1 Å². The molecule has 1 atom stereocenters. The van der Waals surface area contributed by atoms with Gasteiger partial charge in [0.2, 0.25) is 5.13 Å².